The standard InChI is InChI=1S/C12H14N4O.C11H15N/c1-2-8-13-12(17)11-10(14-16-15-11)9-6-4-3-5-7-9;1-2-6-11(7-3-1)10-12-8-4-5-9-12/h3-7H,2,8H2,1H3,(H,13,17)(H,14,15,16);1-3,6-7H,4-5,8-10H2. The van der Waals surface area contributed by atoms with Gasteiger partial charge < -0.3 is 5.32 Å². The number of benzene rings is 2. The minimum absolute atomic E-state index is 0.195. The molecule has 0 radical (unpaired) electrons. The monoisotopic (exact) mass is 391 g/mol. The third-order valence-electron chi connectivity index (χ3n) is 4.79. The second-order valence-electron chi connectivity index (χ2n) is 7.11. The zero-order valence-corrected chi connectivity index (χ0v) is 17.0. The molecule has 3 aromatic rings. The highest BCUT2D eigenvalue weighted by Crippen LogP contribution is 2.18. The van der Waals surface area contributed by atoms with Crippen LogP contribution in [0.1, 0.15) is 42.2 Å². The Kier molecular flexibility index (Phi) is 7.95. The molecule has 1 saturated heterocycles. The number of likely N-dealkylation sites (tertiary alicyclic amines) is 1. The van der Waals surface area contributed by atoms with Crippen LogP contribution in [0.4, 0.5) is 0 Å². The topological polar surface area (TPSA) is 73.9 Å². The minimum atomic E-state index is -0.195. The number of carbonyl (C=O) groups excluding carboxylic acids is 1. The van der Waals surface area contributed by atoms with Gasteiger partial charge in [-0.15, -0.1) is 0 Å². The number of nitrogens with zero attached hydrogens (tertiary/aromatic N) is 3. The van der Waals surface area contributed by atoms with Gasteiger partial charge in [0, 0.05) is 18.7 Å². The average Bonchev–Trinajstić information content (AvgIpc) is 3.46. The number of amides is 1. The van der Waals surface area contributed by atoms with E-state index in [2.05, 4.69) is 56.0 Å². The number of hydrogen-bond acceptors (Lipinski definition) is 4. The van der Waals surface area contributed by atoms with Crippen molar-refractivity contribution >= 4 is 5.91 Å². The van der Waals surface area contributed by atoms with Crippen molar-refractivity contribution in [3.63, 3.8) is 0 Å². The van der Waals surface area contributed by atoms with Crippen LogP contribution in [0.25, 0.3) is 11.3 Å². The maximum Gasteiger partial charge on any atom is 0.274 e. The van der Waals surface area contributed by atoms with E-state index < -0.39 is 0 Å². The lowest BCUT2D eigenvalue weighted by molar-refractivity contribution is 0.0949. The van der Waals surface area contributed by atoms with Crippen molar-refractivity contribution in [1.29, 1.82) is 0 Å². The van der Waals surface area contributed by atoms with E-state index in [4.69, 9.17) is 0 Å². The minimum Gasteiger partial charge on any atom is -0.351 e. The van der Waals surface area contributed by atoms with Crippen molar-refractivity contribution in [2.24, 2.45) is 0 Å². The van der Waals surface area contributed by atoms with E-state index in [1.165, 1.54) is 31.5 Å². The predicted molar refractivity (Wildman–Crippen MR) is 115 cm³/mol. The van der Waals surface area contributed by atoms with Crippen molar-refractivity contribution in [1.82, 2.24) is 25.6 Å². The highest BCUT2D eigenvalue weighted by atomic mass is 16.2. The van der Waals surface area contributed by atoms with E-state index in [-0.39, 0.29) is 5.91 Å². The summed E-state index contributed by atoms with van der Waals surface area (Å²) in [6.07, 6.45) is 3.66. The predicted octanol–water partition coefficient (Wildman–Crippen LogP) is 3.89. The maximum atomic E-state index is 11.8. The SMILES string of the molecule is CCCNC(=O)c1n[nH]nc1-c1ccccc1.c1ccc(CN2CCCC2)cc1. The molecule has 0 spiro atoms. The van der Waals surface area contributed by atoms with Crippen molar-refractivity contribution in [3.05, 3.63) is 71.9 Å². The zero-order chi connectivity index (χ0) is 20.3. The van der Waals surface area contributed by atoms with Gasteiger partial charge in [0.2, 0.25) is 0 Å². The van der Waals surface area contributed by atoms with Crippen LogP contribution in [0.3, 0.4) is 0 Å². The van der Waals surface area contributed by atoms with Gasteiger partial charge in [-0.3, -0.25) is 9.69 Å². The van der Waals surface area contributed by atoms with Gasteiger partial charge in [0.1, 0.15) is 5.69 Å². The van der Waals surface area contributed by atoms with E-state index in [0.29, 0.717) is 17.9 Å². The smallest absolute Gasteiger partial charge is 0.274 e. The summed E-state index contributed by atoms with van der Waals surface area (Å²) < 4.78 is 0. The normalized spacial score (nSPS) is 13.6. The van der Waals surface area contributed by atoms with Crippen molar-refractivity contribution in [2.45, 2.75) is 32.7 Å². The van der Waals surface area contributed by atoms with Gasteiger partial charge in [0.15, 0.2) is 5.69 Å². The first-order chi connectivity index (χ1) is 14.3. The van der Waals surface area contributed by atoms with Crippen molar-refractivity contribution in [3.8, 4) is 11.3 Å². The first kappa shape index (κ1) is 20.7. The molecule has 0 saturated carbocycles. The Morgan fingerprint density at radius 2 is 1.66 bits per heavy atom. The summed E-state index contributed by atoms with van der Waals surface area (Å²) in [6.45, 7) is 6.35. The van der Waals surface area contributed by atoms with E-state index in [1.54, 1.807) is 0 Å². The molecule has 4 rings (SSSR count). The van der Waals surface area contributed by atoms with E-state index >= 15 is 0 Å². The molecule has 0 atom stereocenters. The van der Waals surface area contributed by atoms with E-state index in [0.717, 1.165) is 18.5 Å². The lowest BCUT2D eigenvalue weighted by Crippen LogP contribution is -2.24. The van der Waals surface area contributed by atoms with Crippen LogP contribution in [0.15, 0.2) is 60.7 Å². The van der Waals surface area contributed by atoms with Gasteiger partial charge in [-0.25, -0.2) is 0 Å². The third kappa shape index (κ3) is 6.26. The van der Waals surface area contributed by atoms with Gasteiger partial charge in [-0.1, -0.05) is 67.6 Å². The van der Waals surface area contributed by atoms with Gasteiger partial charge in [0.25, 0.3) is 5.91 Å². The molecule has 6 heteroatoms. The number of carbonyl (C=O) groups is 1. The Bertz CT molecular complexity index is 857. The lowest BCUT2D eigenvalue weighted by atomic mass is 10.1. The second kappa shape index (κ2) is 11.1. The van der Waals surface area contributed by atoms with Crippen LogP contribution >= 0.6 is 0 Å². The number of H-pyrrole nitrogens is 1. The maximum absolute atomic E-state index is 11.8. The summed E-state index contributed by atoms with van der Waals surface area (Å²) in [7, 11) is 0. The number of aromatic amines is 1. The molecule has 0 aliphatic carbocycles. The number of aromatic nitrogens is 3. The molecule has 6 nitrogen and oxygen atoms in total. The van der Waals surface area contributed by atoms with Crippen LogP contribution in [0.2, 0.25) is 0 Å². The van der Waals surface area contributed by atoms with E-state index in [9.17, 15) is 4.79 Å². The highest BCUT2D eigenvalue weighted by molar-refractivity contribution is 5.97. The number of rotatable bonds is 6. The summed E-state index contributed by atoms with van der Waals surface area (Å²) in [5.74, 6) is -0.195. The summed E-state index contributed by atoms with van der Waals surface area (Å²) in [6, 6.07) is 20.2. The molecule has 2 N–H and O–H groups in total. The number of nitrogens with one attached hydrogen (secondary N) is 2. The third-order valence-corrected chi connectivity index (χ3v) is 4.79. The molecular weight excluding hydrogens is 362 g/mol. The largest absolute Gasteiger partial charge is 0.351 e. The molecule has 0 unspecified atom stereocenters. The Balaban J connectivity index is 0.000000176. The fourth-order valence-electron chi connectivity index (χ4n) is 3.29. The Morgan fingerprint density at radius 1 is 1.00 bits per heavy atom. The van der Waals surface area contributed by atoms with E-state index in [1.807, 2.05) is 37.3 Å². The molecule has 1 fully saturated rings. The molecule has 1 aromatic heterocycles. The first-order valence-electron chi connectivity index (χ1n) is 10.3. The summed E-state index contributed by atoms with van der Waals surface area (Å²) in [4.78, 5) is 14.3. The Labute approximate surface area is 172 Å². The fourth-order valence-corrected chi connectivity index (χ4v) is 3.29. The molecule has 2 heterocycles. The van der Waals surface area contributed by atoms with Gasteiger partial charge >= 0.3 is 0 Å². The molecular formula is C23H29N5O. The number of hydrogen-bond donors (Lipinski definition) is 2. The lowest BCUT2D eigenvalue weighted by Gasteiger charge is -2.13. The second-order valence-corrected chi connectivity index (χ2v) is 7.11. The van der Waals surface area contributed by atoms with Crippen LogP contribution in [0, 0.1) is 0 Å². The molecule has 152 valence electrons. The van der Waals surface area contributed by atoms with Crippen LogP contribution in [0.5, 0.6) is 0 Å². The van der Waals surface area contributed by atoms with Gasteiger partial charge in [-0.2, -0.15) is 15.4 Å². The van der Waals surface area contributed by atoms with Gasteiger partial charge in [-0.05, 0) is 37.9 Å². The first-order valence-corrected chi connectivity index (χ1v) is 10.3. The molecule has 1 aliphatic heterocycles. The fraction of sp³-hybridized carbons (Fsp3) is 0.348. The Hall–Kier alpha value is -2.99. The van der Waals surface area contributed by atoms with Crippen LogP contribution in [-0.2, 0) is 6.54 Å². The van der Waals surface area contributed by atoms with Crippen LogP contribution < -0.4 is 5.32 Å². The van der Waals surface area contributed by atoms with Crippen LogP contribution in [-0.4, -0.2) is 45.9 Å². The summed E-state index contributed by atoms with van der Waals surface area (Å²) >= 11 is 0. The summed E-state index contributed by atoms with van der Waals surface area (Å²) in [5, 5.41) is 13.2. The van der Waals surface area contributed by atoms with Crippen molar-refractivity contribution in [2.75, 3.05) is 19.6 Å². The Morgan fingerprint density at radius 3 is 2.31 bits per heavy atom. The quantitative estimate of drug-likeness (QED) is 0.668. The zero-order valence-electron chi connectivity index (χ0n) is 17.0. The van der Waals surface area contributed by atoms with Gasteiger partial charge in [0.05, 0.1) is 0 Å². The average molecular weight is 392 g/mol. The molecule has 29 heavy (non-hydrogen) atoms. The molecule has 0 bridgehead atoms. The van der Waals surface area contributed by atoms with Crippen molar-refractivity contribution < 1.29 is 4.79 Å². The molecule has 2 aromatic carbocycles. The molecule has 1 aliphatic rings. The molecule has 1 amide bonds. The highest BCUT2D eigenvalue weighted by Gasteiger charge is 2.16. The summed E-state index contributed by atoms with van der Waals surface area (Å²) in [5.41, 5.74) is 3.24.